The van der Waals surface area contributed by atoms with Gasteiger partial charge in [0.1, 0.15) is 0 Å². The van der Waals surface area contributed by atoms with Crippen molar-refractivity contribution in [3.63, 3.8) is 0 Å². The van der Waals surface area contributed by atoms with E-state index in [2.05, 4.69) is 60.8 Å². The first-order valence-electron chi connectivity index (χ1n) is 7.97. The first-order chi connectivity index (χ1) is 11.6. The molecule has 0 aliphatic rings. The average molecular weight is 356 g/mol. The third-order valence-electron chi connectivity index (χ3n) is 4.13. The quantitative estimate of drug-likeness (QED) is 0.549. The molecule has 0 aliphatic heterocycles. The van der Waals surface area contributed by atoms with Crippen molar-refractivity contribution >= 4 is 23.2 Å². The van der Waals surface area contributed by atoms with Crippen molar-refractivity contribution in [3.05, 3.63) is 94.0 Å². The molecule has 1 N–H and O–H groups in total. The lowest BCUT2D eigenvalue weighted by atomic mass is 9.99. The molecule has 3 rings (SSSR count). The van der Waals surface area contributed by atoms with Crippen molar-refractivity contribution in [3.8, 4) is 11.1 Å². The van der Waals surface area contributed by atoms with Gasteiger partial charge >= 0.3 is 0 Å². The Kier molecular flexibility index (Phi) is 5.57. The highest BCUT2D eigenvalue weighted by Crippen LogP contribution is 2.27. The largest absolute Gasteiger partial charge is 0.306 e. The molecular formula is C21H19Cl2N. The van der Waals surface area contributed by atoms with Crippen molar-refractivity contribution in [2.45, 2.75) is 19.5 Å². The van der Waals surface area contributed by atoms with Gasteiger partial charge in [0.25, 0.3) is 0 Å². The minimum absolute atomic E-state index is 0.138. The number of hydrogen-bond donors (Lipinski definition) is 1. The maximum atomic E-state index is 6.31. The summed E-state index contributed by atoms with van der Waals surface area (Å²) in [7, 11) is 0. The fourth-order valence-electron chi connectivity index (χ4n) is 2.80. The molecule has 0 bridgehead atoms. The van der Waals surface area contributed by atoms with Crippen LogP contribution in [0.2, 0.25) is 10.0 Å². The molecule has 3 aromatic rings. The van der Waals surface area contributed by atoms with Gasteiger partial charge in [0, 0.05) is 22.6 Å². The molecule has 0 spiro atoms. The highest BCUT2D eigenvalue weighted by Gasteiger charge is 2.11. The maximum Gasteiger partial charge on any atom is 0.0468 e. The predicted octanol–water partition coefficient (Wildman–Crippen LogP) is 6.51. The van der Waals surface area contributed by atoms with Gasteiger partial charge in [-0.2, -0.15) is 0 Å². The van der Waals surface area contributed by atoms with Crippen LogP contribution in [0.3, 0.4) is 0 Å². The standard InChI is InChI=1S/C21H19Cl2N/c1-15(19-12-11-18(22)13-21(19)23)24-14-17-9-5-6-10-20(17)16-7-3-2-4-8-16/h2-13,15,24H,14H2,1H3. The Morgan fingerprint density at radius 2 is 1.58 bits per heavy atom. The van der Waals surface area contributed by atoms with Gasteiger partial charge in [0.2, 0.25) is 0 Å². The van der Waals surface area contributed by atoms with E-state index in [0.29, 0.717) is 10.0 Å². The molecule has 0 saturated carbocycles. The summed E-state index contributed by atoms with van der Waals surface area (Å²) in [5.74, 6) is 0. The van der Waals surface area contributed by atoms with Gasteiger partial charge in [-0.25, -0.2) is 0 Å². The van der Waals surface area contributed by atoms with Crippen molar-refractivity contribution in [2.24, 2.45) is 0 Å². The molecule has 0 heterocycles. The van der Waals surface area contributed by atoms with E-state index in [1.54, 1.807) is 6.07 Å². The van der Waals surface area contributed by atoms with Crippen LogP contribution in [0.4, 0.5) is 0 Å². The van der Waals surface area contributed by atoms with Gasteiger partial charge in [0.05, 0.1) is 0 Å². The van der Waals surface area contributed by atoms with Crippen LogP contribution in [0.15, 0.2) is 72.8 Å². The lowest BCUT2D eigenvalue weighted by molar-refractivity contribution is 0.575. The molecule has 1 nitrogen and oxygen atoms in total. The fourth-order valence-corrected chi connectivity index (χ4v) is 3.37. The van der Waals surface area contributed by atoms with Crippen LogP contribution >= 0.6 is 23.2 Å². The molecule has 3 aromatic carbocycles. The summed E-state index contributed by atoms with van der Waals surface area (Å²) in [4.78, 5) is 0. The van der Waals surface area contributed by atoms with Crippen molar-refractivity contribution in [1.82, 2.24) is 5.32 Å². The molecule has 122 valence electrons. The summed E-state index contributed by atoms with van der Waals surface area (Å²) in [6.07, 6.45) is 0. The third-order valence-corrected chi connectivity index (χ3v) is 4.69. The lowest BCUT2D eigenvalue weighted by Crippen LogP contribution is -2.18. The van der Waals surface area contributed by atoms with Crippen LogP contribution in [-0.4, -0.2) is 0 Å². The molecule has 24 heavy (non-hydrogen) atoms. The fraction of sp³-hybridized carbons (Fsp3) is 0.143. The number of rotatable bonds is 5. The zero-order chi connectivity index (χ0) is 16.9. The minimum atomic E-state index is 0.138. The van der Waals surface area contributed by atoms with E-state index >= 15 is 0 Å². The van der Waals surface area contributed by atoms with E-state index in [-0.39, 0.29) is 6.04 Å². The minimum Gasteiger partial charge on any atom is -0.306 e. The maximum absolute atomic E-state index is 6.31. The second-order valence-electron chi connectivity index (χ2n) is 5.79. The average Bonchev–Trinajstić information content (AvgIpc) is 2.61. The van der Waals surface area contributed by atoms with Crippen molar-refractivity contribution < 1.29 is 0 Å². The predicted molar refractivity (Wildman–Crippen MR) is 104 cm³/mol. The van der Waals surface area contributed by atoms with Crippen molar-refractivity contribution in [2.75, 3.05) is 0 Å². The smallest absolute Gasteiger partial charge is 0.0468 e. The zero-order valence-electron chi connectivity index (χ0n) is 13.5. The van der Waals surface area contributed by atoms with Crippen LogP contribution in [0.25, 0.3) is 11.1 Å². The summed E-state index contributed by atoms with van der Waals surface area (Å²) in [6.45, 7) is 2.88. The summed E-state index contributed by atoms with van der Waals surface area (Å²) >= 11 is 12.3. The van der Waals surface area contributed by atoms with Crippen LogP contribution in [0, 0.1) is 0 Å². The molecule has 0 radical (unpaired) electrons. The second-order valence-corrected chi connectivity index (χ2v) is 6.64. The van der Waals surface area contributed by atoms with Crippen molar-refractivity contribution in [1.29, 1.82) is 0 Å². The van der Waals surface area contributed by atoms with E-state index in [1.165, 1.54) is 16.7 Å². The van der Waals surface area contributed by atoms with Gasteiger partial charge in [0.15, 0.2) is 0 Å². The van der Waals surface area contributed by atoms with E-state index in [4.69, 9.17) is 23.2 Å². The summed E-state index contributed by atoms with van der Waals surface area (Å²) in [5, 5.41) is 4.91. The molecular weight excluding hydrogens is 337 g/mol. The molecule has 1 unspecified atom stereocenters. The topological polar surface area (TPSA) is 12.0 Å². The third kappa shape index (κ3) is 3.99. The highest BCUT2D eigenvalue weighted by molar-refractivity contribution is 6.35. The second kappa shape index (κ2) is 7.85. The zero-order valence-corrected chi connectivity index (χ0v) is 15.0. The van der Waals surface area contributed by atoms with Crippen LogP contribution in [0.5, 0.6) is 0 Å². The number of hydrogen-bond acceptors (Lipinski definition) is 1. The Bertz CT molecular complexity index is 815. The molecule has 3 heteroatoms. The van der Waals surface area contributed by atoms with Crippen LogP contribution < -0.4 is 5.32 Å². The Hall–Kier alpha value is -1.80. The lowest BCUT2D eigenvalue weighted by Gasteiger charge is -2.17. The van der Waals surface area contributed by atoms with Gasteiger partial charge in [-0.1, -0.05) is 83.9 Å². The molecule has 0 fully saturated rings. The van der Waals surface area contributed by atoms with E-state index in [0.717, 1.165) is 12.1 Å². The van der Waals surface area contributed by atoms with Gasteiger partial charge in [-0.05, 0) is 41.3 Å². The molecule has 1 atom stereocenters. The molecule has 0 amide bonds. The molecule has 0 aliphatic carbocycles. The van der Waals surface area contributed by atoms with Gasteiger partial charge < -0.3 is 5.32 Å². The van der Waals surface area contributed by atoms with Crippen LogP contribution in [-0.2, 0) is 6.54 Å². The number of halogens is 2. The number of benzene rings is 3. The van der Waals surface area contributed by atoms with Crippen LogP contribution in [0.1, 0.15) is 24.1 Å². The summed E-state index contributed by atoms with van der Waals surface area (Å²) < 4.78 is 0. The van der Waals surface area contributed by atoms with E-state index < -0.39 is 0 Å². The number of nitrogens with one attached hydrogen (secondary N) is 1. The SMILES string of the molecule is CC(NCc1ccccc1-c1ccccc1)c1ccc(Cl)cc1Cl. The summed E-state index contributed by atoms with van der Waals surface area (Å²) in [5.41, 5.74) is 4.80. The molecule has 0 saturated heterocycles. The first-order valence-corrected chi connectivity index (χ1v) is 8.72. The van der Waals surface area contributed by atoms with E-state index in [1.807, 2.05) is 18.2 Å². The summed E-state index contributed by atoms with van der Waals surface area (Å²) in [6, 6.07) is 24.7. The monoisotopic (exact) mass is 355 g/mol. The Morgan fingerprint density at radius 1 is 0.875 bits per heavy atom. The Balaban J connectivity index is 1.78. The van der Waals surface area contributed by atoms with E-state index in [9.17, 15) is 0 Å². The Labute approximate surface area is 153 Å². The normalized spacial score (nSPS) is 12.1. The molecule has 0 aromatic heterocycles. The Morgan fingerprint density at radius 3 is 2.33 bits per heavy atom. The first kappa shape index (κ1) is 17.0. The van der Waals surface area contributed by atoms with Gasteiger partial charge in [-0.3, -0.25) is 0 Å². The van der Waals surface area contributed by atoms with Gasteiger partial charge in [-0.15, -0.1) is 0 Å². The highest BCUT2D eigenvalue weighted by atomic mass is 35.5.